The maximum absolute atomic E-state index is 13.9. The highest BCUT2D eigenvalue weighted by atomic mass is 32.2. The molecule has 0 N–H and O–H groups in total. The summed E-state index contributed by atoms with van der Waals surface area (Å²) in [7, 11) is 0. The van der Waals surface area contributed by atoms with Gasteiger partial charge in [-0.2, -0.15) is 0 Å². The molecule has 2 aromatic rings. The number of fused-ring (bicyclic) bond motifs is 2. The van der Waals surface area contributed by atoms with Crippen molar-refractivity contribution in [1.82, 2.24) is 4.90 Å². The third kappa shape index (κ3) is 2.58. The molecule has 3 aliphatic rings. The van der Waals surface area contributed by atoms with Gasteiger partial charge in [0.05, 0.1) is 18.1 Å². The average Bonchev–Trinajstić information content (AvgIpc) is 3.21. The minimum Gasteiger partial charge on any atom is -0.295 e. The molecule has 6 heteroatoms. The third-order valence-electron chi connectivity index (χ3n) is 5.87. The molecular formula is C22H23N3O2S. The summed E-state index contributed by atoms with van der Waals surface area (Å²) < 4.78 is 0. The second-order valence-corrected chi connectivity index (χ2v) is 8.74. The summed E-state index contributed by atoms with van der Waals surface area (Å²) in [6.45, 7) is 2.63. The van der Waals surface area contributed by atoms with Gasteiger partial charge in [-0.3, -0.25) is 24.3 Å². The largest absolute Gasteiger partial charge is 0.295 e. The molecule has 0 aromatic heterocycles. The number of benzene rings is 2. The van der Waals surface area contributed by atoms with Crippen LogP contribution in [-0.2, 0) is 14.5 Å². The molecule has 2 aromatic carbocycles. The van der Waals surface area contributed by atoms with E-state index >= 15 is 0 Å². The smallest absolute Gasteiger partial charge is 0.269 e. The highest BCUT2D eigenvalue weighted by Gasteiger charge is 2.61. The van der Waals surface area contributed by atoms with Crippen LogP contribution in [0.5, 0.6) is 0 Å². The van der Waals surface area contributed by atoms with Crippen LogP contribution in [-0.4, -0.2) is 42.2 Å². The minimum absolute atomic E-state index is 0.000948. The SMILES string of the molecule is O=C1CS[C@@]2(C(=O)N(CN3CCCCC3)c3ccccc32)N1c1ccccc1. The van der Waals surface area contributed by atoms with Crippen molar-refractivity contribution in [3.8, 4) is 0 Å². The van der Waals surface area contributed by atoms with Gasteiger partial charge in [0.2, 0.25) is 10.8 Å². The molecule has 3 heterocycles. The molecule has 5 rings (SSSR count). The standard InChI is InChI=1S/C22H23N3O2S/c26-20-15-28-22(25(20)17-9-3-1-4-10-17)18-11-5-6-12-19(18)24(21(22)27)16-23-13-7-2-8-14-23/h1,3-6,9-12H,2,7-8,13-16H2/t22-/m0/s1. The molecule has 0 bridgehead atoms. The first-order chi connectivity index (χ1) is 13.7. The van der Waals surface area contributed by atoms with E-state index in [1.165, 1.54) is 31.0 Å². The predicted molar refractivity (Wildman–Crippen MR) is 112 cm³/mol. The van der Waals surface area contributed by atoms with Crippen LogP contribution in [0.3, 0.4) is 0 Å². The molecule has 0 aliphatic carbocycles. The number of carbonyl (C=O) groups excluding carboxylic acids is 2. The number of amides is 2. The van der Waals surface area contributed by atoms with E-state index in [2.05, 4.69) is 4.90 Å². The lowest BCUT2D eigenvalue weighted by Crippen LogP contribution is -2.52. The van der Waals surface area contributed by atoms with E-state index in [-0.39, 0.29) is 11.8 Å². The highest BCUT2D eigenvalue weighted by molar-refractivity contribution is 8.02. The summed E-state index contributed by atoms with van der Waals surface area (Å²) in [6.07, 6.45) is 3.62. The molecule has 0 radical (unpaired) electrons. The van der Waals surface area contributed by atoms with Crippen molar-refractivity contribution >= 4 is 35.0 Å². The fourth-order valence-corrected chi connectivity index (χ4v) is 5.93. The van der Waals surface area contributed by atoms with Crippen LogP contribution >= 0.6 is 11.8 Å². The predicted octanol–water partition coefficient (Wildman–Crippen LogP) is 3.41. The summed E-state index contributed by atoms with van der Waals surface area (Å²) in [6, 6.07) is 17.5. The molecule has 1 atom stereocenters. The molecule has 0 saturated carbocycles. The second kappa shape index (κ2) is 6.94. The van der Waals surface area contributed by atoms with E-state index in [1.54, 1.807) is 4.90 Å². The lowest BCUT2D eigenvalue weighted by Gasteiger charge is -2.35. The molecule has 28 heavy (non-hydrogen) atoms. The summed E-state index contributed by atoms with van der Waals surface area (Å²) in [5.41, 5.74) is 2.64. The Labute approximate surface area is 169 Å². The maximum Gasteiger partial charge on any atom is 0.269 e. The zero-order chi connectivity index (χ0) is 19.1. The number of likely N-dealkylation sites (tertiary alicyclic amines) is 1. The van der Waals surface area contributed by atoms with Gasteiger partial charge >= 0.3 is 0 Å². The van der Waals surface area contributed by atoms with Gasteiger partial charge in [0.25, 0.3) is 5.91 Å². The second-order valence-electron chi connectivity index (χ2n) is 7.57. The Morgan fingerprint density at radius 3 is 2.39 bits per heavy atom. The Morgan fingerprint density at radius 2 is 1.61 bits per heavy atom. The number of anilines is 2. The molecule has 5 nitrogen and oxygen atoms in total. The first-order valence-corrected chi connectivity index (χ1v) is 10.9. The van der Waals surface area contributed by atoms with Crippen molar-refractivity contribution in [2.24, 2.45) is 0 Å². The van der Waals surface area contributed by atoms with Gasteiger partial charge < -0.3 is 0 Å². The monoisotopic (exact) mass is 393 g/mol. The molecule has 0 unspecified atom stereocenters. The van der Waals surface area contributed by atoms with Gasteiger partial charge in [-0.05, 0) is 44.1 Å². The number of rotatable bonds is 3. The number of hydrogen-bond donors (Lipinski definition) is 0. The third-order valence-corrected chi connectivity index (χ3v) is 7.25. The molecule has 2 fully saturated rings. The normalized spacial score (nSPS) is 25.0. The minimum atomic E-state index is -0.995. The molecule has 3 aliphatic heterocycles. The number of piperidine rings is 1. The molecule has 1 spiro atoms. The highest BCUT2D eigenvalue weighted by Crippen LogP contribution is 2.55. The van der Waals surface area contributed by atoms with Gasteiger partial charge in [-0.1, -0.05) is 42.8 Å². The lowest BCUT2D eigenvalue weighted by atomic mass is 10.0. The van der Waals surface area contributed by atoms with E-state index in [9.17, 15) is 9.59 Å². The number of carbonyl (C=O) groups is 2. The van der Waals surface area contributed by atoms with E-state index in [1.807, 2.05) is 59.5 Å². The lowest BCUT2D eigenvalue weighted by molar-refractivity contribution is -0.124. The summed E-state index contributed by atoms with van der Waals surface area (Å²) in [5, 5.41) is 0. The number of hydrogen-bond acceptors (Lipinski definition) is 4. The molecular weight excluding hydrogens is 370 g/mol. The Bertz CT molecular complexity index is 913. The van der Waals surface area contributed by atoms with Gasteiger partial charge in [0.1, 0.15) is 0 Å². The van der Waals surface area contributed by atoms with Crippen molar-refractivity contribution in [2.45, 2.75) is 24.1 Å². The zero-order valence-corrected chi connectivity index (χ0v) is 16.5. The topological polar surface area (TPSA) is 43.9 Å². The Morgan fingerprint density at radius 1 is 0.893 bits per heavy atom. The molecule has 2 amide bonds. The fraction of sp³-hybridized carbons (Fsp3) is 0.364. The van der Waals surface area contributed by atoms with Crippen molar-refractivity contribution in [3.05, 3.63) is 60.2 Å². The first-order valence-electron chi connectivity index (χ1n) is 9.88. The summed E-state index contributed by atoms with van der Waals surface area (Å²) in [4.78, 5) is 31.8. The van der Waals surface area contributed by atoms with Crippen LogP contribution in [0, 0.1) is 0 Å². The van der Waals surface area contributed by atoms with Crippen LogP contribution in [0.2, 0.25) is 0 Å². The number of nitrogens with zero attached hydrogens (tertiary/aromatic N) is 3. The first kappa shape index (κ1) is 17.8. The van der Waals surface area contributed by atoms with Gasteiger partial charge in [-0.25, -0.2) is 0 Å². The molecule has 144 valence electrons. The average molecular weight is 394 g/mol. The van der Waals surface area contributed by atoms with Crippen molar-refractivity contribution in [1.29, 1.82) is 0 Å². The van der Waals surface area contributed by atoms with Crippen LogP contribution < -0.4 is 9.80 Å². The van der Waals surface area contributed by atoms with Crippen LogP contribution in [0.1, 0.15) is 24.8 Å². The quantitative estimate of drug-likeness (QED) is 0.802. The van der Waals surface area contributed by atoms with Crippen LogP contribution in [0.4, 0.5) is 11.4 Å². The van der Waals surface area contributed by atoms with E-state index in [0.29, 0.717) is 12.4 Å². The van der Waals surface area contributed by atoms with Gasteiger partial charge in [-0.15, -0.1) is 11.8 Å². The maximum atomic E-state index is 13.9. The summed E-state index contributed by atoms with van der Waals surface area (Å²) >= 11 is 1.45. The Balaban J connectivity index is 1.59. The zero-order valence-electron chi connectivity index (χ0n) is 15.7. The van der Waals surface area contributed by atoms with Crippen molar-refractivity contribution < 1.29 is 9.59 Å². The van der Waals surface area contributed by atoms with E-state index in [0.717, 1.165) is 30.0 Å². The fourth-order valence-electron chi connectivity index (χ4n) is 4.57. The van der Waals surface area contributed by atoms with E-state index in [4.69, 9.17) is 0 Å². The van der Waals surface area contributed by atoms with Crippen LogP contribution in [0.15, 0.2) is 54.6 Å². The van der Waals surface area contributed by atoms with Crippen LogP contribution in [0.25, 0.3) is 0 Å². The molecule has 2 saturated heterocycles. The Kier molecular flexibility index (Phi) is 4.40. The van der Waals surface area contributed by atoms with Crippen molar-refractivity contribution in [3.63, 3.8) is 0 Å². The van der Waals surface area contributed by atoms with Gasteiger partial charge in [0.15, 0.2) is 0 Å². The number of thioether (sulfide) groups is 1. The van der Waals surface area contributed by atoms with Gasteiger partial charge in [0, 0.05) is 11.3 Å². The van der Waals surface area contributed by atoms with E-state index < -0.39 is 4.87 Å². The van der Waals surface area contributed by atoms with Crippen molar-refractivity contribution in [2.75, 3.05) is 35.3 Å². The number of para-hydroxylation sites is 2. The Hall–Kier alpha value is -2.31. The summed E-state index contributed by atoms with van der Waals surface area (Å²) in [5.74, 6) is 0.296.